The molecule has 2 N–H and O–H groups in total. The predicted molar refractivity (Wildman–Crippen MR) is 124 cm³/mol. The minimum absolute atomic E-state index is 0. The summed E-state index contributed by atoms with van der Waals surface area (Å²) >= 11 is 6.13. The van der Waals surface area contributed by atoms with E-state index in [4.69, 9.17) is 26.1 Å². The van der Waals surface area contributed by atoms with Crippen LogP contribution in [0, 0.1) is 0 Å². The number of rotatable bonds is 9. The minimum atomic E-state index is -0.0845. The molecule has 27 heavy (non-hydrogen) atoms. The smallest absolute Gasteiger partial charge is 0.191 e. The van der Waals surface area contributed by atoms with Crippen molar-refractivity contribution in [2.75, 3.05) is 39.5 Å². The number of guanidine groups is 1. The first-order valence-corrected chi connectivity index (χ1v) is 9.86. The van der Waals surface area contributed by atoms with Crippen molar-refractivity contribution in [3.05, 3.63) is 34.9 Å². The summed E-state index contributed by atoms with van der Waals surface area (Å²) in [5.41, 5.74) is 1.11. The topological polar surface area (TPSA) is 54.9 Å². The summed E-state index contributed by atoms with van der Waals surface area (Å²) in [6.45, 7) is 11.1. The van der Waals surface area contributed by atoms with Crippen LogP contribution in [0.2, 0.25) is 5.02 Å². The maximum Gasteiger partial charge on any atom is 0.191 e. The van der Waals surface area contributed by atoms with Crippen LogP contribution >= 0.6 is 35.6 Å². The molecule has 0 radical (unpaired) electrons. The summed E-state index contributed by atoms with van der Waals surface area (Å²) in [6.07, 6.45) is 2.23. The molecule has 2 rings (SSSR count). The van der Waals surface area contributed by atoms with Gasteiger partial charge in [0.05, 0.1) is 19.3 Å². The fourth-order valence-corrected chi connectivity index (χ4v) is 2.98. The highest BCUT2D eigenvalue weighted by Crippen LogP contribution is 2.25. The van der Waals surface area contributed by atoms with Crippen molar-refractivity contribution in [1.29, 1.82) is 0 Å². The Hall–Kier alpha value is -0.570. The fraction of sp³-hybridized carbons (Fsp3) is 0.650. The van der Waals surface area contributed by atoms with Crippen LogP contribution in [0.25, 0.3) is 0 Å². The van der Waals surface area contributed by atoms with Gasteiger partial charge in [0.2, 0.25) is 0 Å². The quantitative estimate of drug-likeness (QED) is 0.229. The molecule has 1 aromatic rings. The zero-order valence-corrected chi connectivity index (χ0v) is 19.7. The van der Waals surface area contributed by atoms with E-state index in [-0.39, 0.29) is 35.5 Å². The zero-order valence-electron chi connectivity index (χ0n) is 16.6. The highest BCUT2D eigenvalue weighted by Gasteiger charge is 2.20. The van der Waals surface area contributed by atoms with Crippen molar-refractivity contribution in [3.8, 4) is 0 Å². The molecule has 7 heteroatoms. The lowest BCUT2D eigenvalue weighted by Crippen LogP contribution is -2.39. The Morgan fingerprint density at radius 2 is 2.19 bits per heavy atom. The fourth-order valence-electron chi connectivity index (χ4n) is 2.79. The highest BCUT2D eigenvalue weighted by atomic mass is 127. The van der Waals surface area contributed by atoms with Gasteiger partial charge in [0.1, 0.15) is 0 Å². The van der Waals surface area contributed by atoms with Gasteiger partial charge in [-0.05, 0) is 37.5 Å². The van der Waals surface area contributed by atoms with Crippen molar-refractivity contribution in [2.45, 2.75) is 45.1 Å². The first kappa shape index (κ1) is 24.5. The molecule has 1 aliphatic rings. The Labute approximate surface area is 185 Å². The number of ether oxygens (including phenoxy) is 2. The molecule has 5 nitrogen and oxygen atoms in total. The summed E-state index contributed by atoms with van der Waals surface area (Å²) in [5.74, 6) is 0.840. The molecule has 1 fully saturated rings. The summed E-state index contributed by atoms with van der Waals surface area (Å²) in [5, 5.41) is 7.45. The Morgan fingerprint density at radius 1 is 1.37 bits per heavy atom. The molecule has 0 saturated carbocycles. The maximum atomic E-state index is 6.13. The van der Waals surface area contributed by atoms with Gasteiger partial charge in [-0.2, -0.15) is 0 Å². The molecule has 1 saturated heterocycles. The average Bonchev–Trinajstić information content (AvgIpc) is 3.13. The van der Waals surface area contributed by atoms with Crippen LogP contribution in [-0.2, 0) is 14.9 Å². The molecule has 1 unspecified atom stereocenters. The van der Waals surface area contributed by atoms with Gasteiger partial charge in [0.25, 0.3) is 0 Å². The van der Waals surface area contributed by atoms with Gasteiger partial charge >= 0.3 is 0 Å². The summed E-state index contributed by atoms with van der Waals surface area (Å²) < 4.78 is 11.1. The second-order valence-corrected chi connectivity index (χ2v) is 7.66. The van der Waals surface area contributed by atoms with Crippen LogP contribution in [0.5, 0.6) is 0 Å². The third kappa shape index (κ3) is 8.98. The standard InChI is InChI=1S/C20H32ClN3O2.HI/c1-4-22-19(23-10-6-11-26-18-9-12-25-14-18)24-15-20(2,3)16-7-5-8-17(21)13-16;/h5,7-8,13,18H,4,6,9-12,14-15H2,1-3H3,(H2,22,23,24);1H. The predicted octanol–water partition coefficient (Wildman–Crippen LogP) is 3.99. The van der Waals surface area contributed by atoms with Crippen LogP contribution < -0.4 is 10.6 Å². The second-order valence-electron chi connectivity index (χ2n) is 7.23. The molecular weight excluding hydrogens is 477 g/mol. The summed E-state index contributed by atoms with van der Waals surface area (Å²) in [6, 6.07) is 8.01. The lowest BCUT2D eigenvalue weighted by Gasteiger charge is -2.24. The Kier molecular flexibility index (Phi) is 11.6. The van der Waals surface area contributed by atoms with E-state index in [9.17, 15) is 0 Å². The molecule has 154 valence electrons. The van der Waals surface area contributed by atoms with Gasteiger partial charge < -0.3 is 20.1 Å². The largest absolute Gasteiger partial charge is 0.379 e. The molecule has 0 aromatic heterocycles. The molecule has 0 amide bonds. The van der Waals surface area contributed by atoms with Crippen LogP contribution in [0.1, 0.15) is 39.2 Å². The third-order valence-electron chi connectivity index (χ3n) is 4.44. The highest BCUT2D eigenvalue weighted by molar-refractivity contribution is 14.0. The number of aliphatic imine (C=N–C) groups is 1. The van der Waals surface area contributed by atoms with Crippen molar-refractivity contribution < 1.29 is 9.47 Å². The number of benzene rings is 1. The van der Waals surface area contributed by atoms with Gasteiger partial charge in [0, 0.05) is 36.7 Å². The molecule has 1 atom stereocenters. The molecule has 1 heterocycles. The van der Waals surface area contributed by atoms with E-state index in [1.54, 1.807) is 0 Å². The van der Waals surface area contributed by atoms with Crippen molar-refractivity contribution in [3.63, 3.8) is 0 Å². The Morgan fingerprint density at radius 3 is 2.85 bits per heavy atom. The summed E-state index contributed by atoms with van der Waals surface area (Å²) in [7, 11) is 0. The SMILES string of the molecule is CCNC(=NCC(C)(C)c1cccc(Cl)c1)NCCCOC1CCOC1.I. The van der Waals surface area contributed by atoms with Crippen LogP contribution in [0.3, 0.4) is 0 Å². The van der Waals surface area contributed by atoms with E-state index < -0.39 is 0 Å². The van der Waals surface area contributed by atoms with Crippen molar-refractivity contribution in [2.24, 2.45) is 4.99 Å². The number of hydrogen-bond acceptors (Lipinski definition) is 3. The van der Waals surface area contributed by atoms with Crippen LogP contribution in [0.4, 0.5) is 0 Å². The van der Waals surface area contributed by atoms with E-state index in [2.05, 4.69) is 37.5 Å². The molecule has 0 bridgehead atoms. The summed E-state index contributed by atoms with van der Waals surface area (Å²) in [4.78, 5) is 4.76. The Balaban J connectivity index is 0.00000364. The van der Waals surface area contributed by atoms with Gasteiger partial charge in [-0.15, -0.1) is 24.0 Å². The monoisotopic (exact) mass is 509 g/mol. The van der Waals surface area contributed by atoms with Crippen LogP contribution in [-0.4, -0.2) is 51.5 Å². The molecule has 0 spiro atoms. The van der Waals surface area contributed by atoms with Gasteiger partial charge in [0.15, 0.2) is 5.96 Å². The first-order chi connectivity index (χ1) is 12.5. The molecule has 1 aromatic carbocycles. The third-order valence-corrected chi connectivity index (χ3v) is 4.67. The molecule has 0 aliphatic carbocycles. The number of hydrogen-bond donors (Lipinski definition) is 2. The van der Waals surface area contributed by atoms with Crippen molar-refractivity contribution in [1.82, 2.24) is 10.6 Å². The van der Waals surface area contributed by atoms with E-state index in [1.165, 1.54) is 5.56 Å². The molecular formula is C20H33ClIN3O2. The van der Waals surface area contributed by atoms with E-state index in [1.807, 2.05) is 18.2 Å². The zero-order chi connectivity index (χ0) is 18.8. The second kappa shape index (κ2) is 12.8. The lowest BCUT2D eigenvalue weighted by molar-refractivity contribution is 0.0420. The molecule has 1 aliphatic heterocycles. The van der Waals surface area contributed by atoms with Gasteiger partial charge in [-0.25, -0.2) is 0 Å². The minimum Gasteiger partial charge on any atom is -0.379 e. The Bertz CT molecular complexity index is 578. The van der Waals surface area contributed by atoms with Gasteiger partial charge in [-0.1, -0.05) is 37.6 Å². The number of nitrogens with zero attached hydrogens (tertiary/aromatic N) is 1. The van der Waals surface area contributed by atoms with Gasteiger partial charge in [-0.3, -0.25) is 4.99 Å². The van der Waals surface area contributed by atoms with E-state index in [0.29, 0.717) is 6.54 Å². The number of nitrogens with one attached hydrogen (secondary N) is 2. The normalized spacial score (nSPS) is 17.5. The first-order valence-electron chi connectivity index (χ1n) is 9.49. The lowest BCUT2D eigenvalue weighted by atomic mass is 9.85. The maximum absolute atomic E-state index is 6.13. The van der Waals surface area contributed by atoms with E-state index in [0.717, 1.165) is 56.7 Å². The van der Waals surface area contributed by atoms with Crippen molar-refractivity contribution >= 4 is 41.5 Å². The van der Waals surface area contributed by atoms with E-state index >= 15 is 0 Å². The number of halogens is 2. The van der Waals surface area contributed by atoms with Crippen LogP contribution in [0.15, 0.2) is 29.3 Å². The average molecular weight is 510 g/mol.